The number of morpholine rings is 1. The van der Waals surface area contributed by atoms with E-state index in [1.54, 1.807) is 0 Å². The minimum Gasteiger partial charge on any atom is -0.379 e. The molecule has 0 aromatic carbocycles. The smallest absolute Gasteiger partial charge is 0.249 e. The molecule has 19 heavy (non-hydrogen) atoms. The molecule has 6 heteroatoms. The topological polar surface area (TPSA) is 76.8 Å². The lowest BCUT2D eigenvalue weighted by Gasteiger charge is -2.26. The van der Waals surface area contributed by atoms with E-state index in [2.05, 4.69) is 10.2 Å². The highest BCUT2D eigenvalue weighted by molar-refractivity contribution is 5.80. The van der Waals surface area contributed by atoms with Crippen LogP contribution in [0.15, 0.2) is 0 Å². The molecular weight excluding hydrogens is 246 g/mol. The Morgan fingerprint density at radius 2 is 2.11 bits per heavy atom. The summed E-state index contributed by atoms with van der Waals surface area (Å²) in [5.41, 5.74) is 5.53. The maximum Gasteiger partial charge on any atom is 0.249 e. The van der Waals surface area contributed by atoms with Crippen LogP contribution >= 0.6 is 0 Å². The average molecular weight is 271 g/mol. The molecule has 0 radical (unpaired) electrons. The van der Waals surface area contributed by atoms with Gasteiger partial charge in [-0.2, -0.15) is 0 Å². The second-order valence-corrected chi connectivity index (χ2v) is 5.16. The summed E-state index contributed by atoms with van der Waals surface area (Å²) in [5, 5.41) is 2.95. The molecule has 2 aliphatic rings. The largest absolute Gasteiger partial charge is 0.379 e. The van der Waals surface area contributed by atoms with Crippen LogP contribution < -0.4 is 11.1 Å². The van der Waals surface area contributed by atoms with Gasteiger partial charge in [-0.3, -0.25) is 9.69 Å². The molecule has 2 heterocycles. The monoisotopic (exact) mass is 271 g/mol. The van der Waals surface area contributed by atoms with Crippen molar-refractivity contribution in [2.75, 3.05) is 45.9 Å². The number of rotatable bonds is 6. The molecule has 0 spiro atoms. The number of carbonyl (C=O) groups is 1. The van der Waals surface area contributed by atoms with E-state index in [1.165, 1.54) is 0 Å². The second kappa shape index (κ2) is 7.79. The van der Waals surface area contributed by atoms with Gasteiger partial charge in [-0.1, -0.05) is 0 Å². The lowest BCUT2D eigenvalue weighted by Crippen LogP contribution is -2.39. The lowest BCUT2D eigenvalue weighted by atomic mass is 10.2. The standard InChI is InChI=1S/C13H25N3O3/c14-10-11-2-3-12(19-11)13(17)15-4-1-5-16-6-8-18-9-7-16/h11-12H,1-10,14H2,(H,15,17)/t11-,12+/m1/s1. The first-order valence-corrected chi connectivity index (χ1v) is 7.23. The van der Waals surface area contributed by atoms with Crippen molar-refractivity contribution in [2.24, 2.45) is 5.73 Å². The van der Waals surface area contributed by atoms with Crippen molar-refractivity contribution in [1.29, 1.82) is 0 Å². The fraction of sp³-hybridized carbons (Fsp3) is 0.923. The van der Waals surface area contributed by atoms with Crippen molar-refractivity contribution in [2.45, 2.75) is 31.5 Å². The minimum atomic E-state index is -0.295. The molecule has 0 aliphatic carbocycles. The molecule has 3 N–H and O–H groups in total. The van der Waals surface area contributed by atoms with Crippen molar-refractivity contribution >= 4 is 5.91 Å². The normalized spacial score (nSPS) is 28.5. The van der Waals surface area contributed by atoms with Crippen molar-refractivity contribution in [3.8, 4) is 0 Å². The Labute approximate surface area is 114 Å². The highest BCUT2D eigenvalue weighted by Crippen LogP contribution is 2.18. The van der Waals surface area contributed by atoms with Crippen LogP contribution in [0.1, 0.15) is 19.3 Å². The van der Waals surface area contributed by atoms with Crippen LogP contribution in [0.2, 0.25) is 0 Å². The molecule has 1 amide bonds. The van der Waals surface area contributed by atoms with Gasteiger partial charge in [-0.05, 0) is 25.8 Å². The summed E-state index contributed by atoms with van der Waals surface area (Å²) in [4.78, 5) is 14.2. The second-order valence-electron chi connectivity index (χ2n) is 5.16. The first-order valence-electron chi connectivity index (χ1n) is 7.23. The van der Waals surface area contributed by atoms with Crippen molar-refractivity contribution in [3.63, 3.8) is 0 Å². The van der Waals surface area contributed by atoms with Crippen LogP contribution in [0.5, 0.6) is 0 Å². The van der Waals surface area contributed by atoms with Crippen LogP contribution in [0.25, 0.3) is 0 Å². The molecule has 2 rings (SSSR count). The van der Waals surface area contributed by atoms with E-state index in [0.717, 1.165) is 52.1 Å². The van der Waals surface area contributed by atoms with E-state index >= 15 is 0 Å². The van der Waals surface area contributed by atoms with E-state index in [0.29, 0.717) is 13.1 Å². The Bertz CT molecular complexity index is 282. The van der Waals surface area contributed by atoms with Crippen molar-refractivity contribution < 1.29 is 14.3 Å². The zero-order valence-corrected chi connectivity index (χ0v) is 11.5. The number of ether oxygens (including phenoxy) is 2. The molecular formula is C13H25N3O3. The SMILES string of the molecule is NC[C@H]1CC[C@@H](C(=O)NCCCN2CCOCC2)O1. The maximum absolute atomic E-state index is 11.8. The highest BCUT2D eigenvalue weighted by atomic mass is 16.5. The Hall–Kier alpha value is -0.690. The summed E-state index contributed by atoms with van der Waals surface area (Å²) < 4.78 is 10.8. The Morgan fingerprint density at radius 3 is 2.79 bits per heavy atom. The third kappa shape index (κ3) is 4.72. The number of hydrogen-bond donors (Lipinski definition) is 2. The van der Waals surface area contributed by atoms with E-state index in [1.807, 2.05) is 0 Å². The summed E-state index contributed by atoms with van der Waals surface area (Å²) in [5.74, 6) is 0.0120. The lowest BCUT2D eigenvalue weighted by molar-refractivity contribution is -0.131. The molecule has 2 aliphatic heterocycles. The van der Waals surface area contributed by atoms with Gasteiger partial charge in [0.25, 0.3) is 0 Å². The van der Waals surface area contributed by atoms with Crippen molar-refractivity contribution in [1.82, 2.24) is 10.2 Å². The van der Waals surface area contributed by atoms with Crippen LogP contribution in [-0.2, 0) is 14.3 Å². The maximum atomic E-state index is 11.8. The number of carbonyl (C=O) groups excluding carboxylic acids is 1. The van der Waals surface area contributed by atoms with Gasteiger partial charge in [0.2, 0.25) is 5.91 Å². The predicted octanol–water partition coefficient (Wildman–Crippen LogP) is -0.669. The molecule has 0 saturated carbocycles. The van der Waals surface area contributed by atoms with Gasteiger partial charge in [0.05, 0.1) is 19.3 Å². The quantitative estimate of drug-likeness (QED) is 0.627. The summed E-state index contributed by atoms with van der Waals surface area (Å²) in [6.07, 6.45) is 2.42. The van der Waals surface area contributed by atoms with Crippen LogP contribution in [0, 0.1) is 0 Å². The Balaban J connectivity index is 1.54. The number of hydrogen-bond acceptors (Lipinski definition) is 5. The molecule has 2 atom stereocenters. The molecule has 0 unspecified atom stereocenters. The van der Waals surface area contributed by atoms with Crippen LogP contribution in [-0.4, -0.2) is 69.0 Å². The molecule has 2 saturated heterocycles. The number of nitrogens with one attached hydrogen (secondary N) is 1. The van der Waals surface area contributed by atoms with Gasteiger partial charge >= 0.3 is 0 Å². The zero-order chi connectivity index (χ0) is 13.5. The van der Waals surface area contributed by atoms with E-state index < -0.39 is 0 Å². The number of amides is 1. The van der Waals surface area contributed by atoms with Gasteiger partial charge in [-0.25, -0.2) is 0 Å². The fourth-order valence-corrected chi connectivity index (χ4v) is 2.52. The first kappa shape index (κ1) is 14.7. The van der Waals surface area contributed by atoms with Gasteiger partial charge < -0.3 is 20.5 Å². The molecule has 0 aromatic heterocycles. The summed E-state index contributed by atoms with van der Waals surface area (Å²) in [7, 11) is 0. The molecule has 0 bridgehead atoms. The predicted molar refractivity (Wildman–Crippen MR) is 71.8 cm³/mol. The zero-order valence-electron chi connectivity index (χ0n) is 11.5. The third-order valence-corrected chi connectivity index (χ3v) is 3.72. The van der Waals surface area contributed by atoms with Gasteiger partial charge in [0.15, 0.2) is 0 Å². The molecule has 0 aromatic rings. The number of nitrogens with two attached hydrogens (primary N) is 1. The fourth-order valence-electron chi connectivity index (χ4n) is 2.52. The Kier molecular flexibility index (Phi) is 6.03. The van der Waals surface area contributed by atoms with Crippen LogP contribution in [0.3, 0.4) is 0 Å². The number of nitrogens with zero attached hydrogens (tertiary/aromatic N) is 1. The Morgan fingerprint density at radius 1 is 1.32 bits per heavy atom. The summed E-state index contributed by atoms with van der Waals surface area (Å²) >= 11 is 0. The summed E-state index contributed by atoms with van der Waals surface area (Å²) in [6.45, 7) is 5.87. The molecule has 110 valence electrons. The minimum absolute atomic E-state index is 0.0120. The molecule has 6 nitrogen and oxygen atoms in total. The van der Waals surface area contributed by atoms with E-state index in [9.17, 15) is 4.79 Å². The first-order chi connectivity index (χ1) is 9.29. The van der Waals surface area contributed by atoms with E-state index in [-0.39, 0.29) is 18.1 Å². The third-order valence-electron chi connectivity index (χ3n) is 3.72. The van der Waals surface area contributed by atoms with E-state index in [4.69, 9.17) is 15.2 Å². The van der Waals surface area contributed by atoms with Crippen LogP contribution in [0.4, 0.5) is 0 Å². The average Bonchev–Trinajstić information content (AvgIpc) is 2.93. The highest BCUT2D eigenvalue weighted by Gasteiger charge is 2.29. The van der Waals surface area contributed by atoms with Crippen molar-refractivity contribution in [3.05, 3.63) is 0 Å². The molecule has 2 fully saturated rings. The van der Waals surface area contributed by atoms with Gasteiger partial charge in [0, 0.05) is 26.2 Å². The summed E-state index contributed by atoms with van der Waals surface area (Å²) in [6, 6.07) is 0. The van der Waals surface area contributed by atoms with Gasteiger partial charge in [-0.15, -0.1) is 0 Å². The van der Waals surface area contributed by atoms with Gasteiger partial charge in [0.1, 0.15) is 6.10 Å².